The van der Waals surface area contributed by atoms with Crippen molar-refractivity contribution in [3.8, 4) is 0 Å². The number of sulfonamides is 1. The molecule has 0 amide bonds. The summed E-state index contributed by atoms with van der Waals surface area (Å²) in [4.78, 5) is 3.13. The van der Waals surface area contributed by atoms with E-state index < -0.39 is 26.7 Å². The fourth-order valence-corrected chi connectivity index (χ4v) is 3.71. The van der Waals surface area contributed by atoms with E-state index in [1.54, 1.807) is 6.92 Å². The summed E-state index contributed by atoms with van der Waals surface area (Å²) in [6.07, 6.45) is -4.87. The summed E-state index contributed by atoms with van der Waals surface area (Å²) >= 11 is 5.57. The predicted octanol–water partition coefficient (Wildman–Crippen LogP) is 4.61. The van der Waals surface area contributed by atoms with Gasteiger partial charge in [0.2, 0.25) is 0 Å². The van der Waals surface area contributed by atoms with Crippen molar-refractivity contribution in [3.05, 3.63) is 52.9 Å². The minimum atomic E-state index is -4.87. The molecule has 5 nitrogen and oxygen atoms in total. The third-order valence-electron chi connectivity index (χ3n) is 3.28. The van der Waals surface area contributed by atoms with E-state index in [1.165, 1.54) is 18.2 Å². The zero-order valence-corrected chi connectivity index (χ0v) is 14.1. The molecule has 10 heteroatoms. The number of rotatable bonds is 3. The van der Waals surface area contributed by atoms with Gasteiger partial charge < -0.3 is 4.42 Å². The Morgan fingerprint density at radius 1 is 1.16 bits per heavy atom. The molecule has 132 valence electrons. The van der Waals surface area contributed by atoms with Crippen LogP contribution in [0, 0.1) is 6.92 Å². The van der Waals surface area contributed by atoms with E-state index in [4.69, 9.17) is 16.0 Å². The van der Waals surface area contributed by atoms with Gasteiger partial charge in [-0.25, -0.2) is 13.4 Å². The summed E-state index contributed by atoms with van der Waals surface area (Å²) in [6.45, 7) is 1.62. The van der Waals surface area contributed by atoms with Crippen LogP contribution in [0.1, 0.15) is 11.5 Å². The van der Waals surface area contributed by atoms with Gasteiger partial charge in [-0.2, -0.15) is 13.2 Å². The summed E-state index contributed by atoms with van der Waals surface area (Å²) in [6, 6.07) is 6.67. The number of aryl methyl sites for hydroxylation is 1. The van der Waals surface area contributed by atoms with Crippen LogP contribution >= 0.6 is 11.6 Å². The number of hydrogen-bond donors (Lipinski definition) is 1. The van der Waals surface area contributed by atoms with Crippen molar-refractivity contribution in [2.75, 3.05) is 4.72 Å². The van der Waals surface area contributed by atoms with Crippen LogP contribution in [-0.2, 0) is 16.2 Å². The largest absolute Gasteiger partial charge is 0.441 e. The molecule has 1 N–H and O–H groups in total. The number of alkyl halides is 3. The second-order valence-corrected chi connectivity index (χ2v) is 7.25. The Morgan fingerprint density at radius 2 is 1.88 bits per heavy atom. The first-order chi connectivity index (χ1) is 11.6. The first-order valence-electron chi connectivity index (χ1n) is 6.83. The predicted molar refractivity (Wildman–Crippen MR) is 86.0 cm³/mol. The number of oxazole rings is 1. The maximum absolute atomic E-state index is 13.1. The first-order valence-corrected chi connectivity index (χ1v) is 8.69. The lowest BCUT2D eigenvalue weighted by atomic mass is 10.2. The molecule has 0 aliphatic rings. The molecule has 0 unspecified atom stereocenters. The molecule has 3 aromatic rings. The number of fused-ring (bicyclic) bond motifs is 1. The quantitative estimate of drug-likeness (QED) is 0.708. The number of hydrogen-bond acceptors (Lipinski definition) is 4. The van der Waals surface area contributed by atoms with Gasteiger partial charge in [0.25, 0.3) is 10.0 Å². The van der Waals surface area contributed by atoms with E-state index in [-0.39, 0.29) is 10.7 Å². The van der Waals surface area contributed by atoms with Crippen molar-refractivity contribution in [1.29, 1.82) is 0 Å². The standard InChI is InChI=1S/C15H10ClF3N2O3S/c1-8-20-12-7-10(3-4-13(12)24-8)21-25(22,23)14-5-2-9(16)6-11(14)15(17,18)19/h2-7,21H,1H3. The summed E-state index contributed by atoms with van der Waals surface area (Å²) in [7, 11) is -4.49. The van der Waals surface area contributed by atoms with Crippen molar-refractivity contribution in [3.63, 3.8) is 0 Å². The van der Waals surface area contributed by atoms with Gasteiger partial charge >= 0.3 is 6.18 Å². The molecular weight excluding hydrogens is 381 g/mol. The fourth-order valence-electron chi connectivity index (χ4n) is 2.27. The monoisotopic (exact) mass is 390 g/mol. The molecule has 0 bridgehead atoms. The lowest BCUT2D eigenvalue weighted by Crippen LogP contribution is -2.19. The number of anilines is 1. The topological polar surface area (TPSA) is 72.2 Å². The Bertz CT molecular complexity index is 1060. The van der Waals surface area contributed by atoms with Crippen LogP contribution in [0.4, 0.5) is 18.9 Å². The van der Waals surface area contributed by atoms with E-state index in [0.29, 0.717) is 23.1 Å². The van der Waals surface area contributed by atoms with Crippen LogP contribution < -0.4 is 4.72 Å². The van der Waals surface area contributed by atoms with Gasteiger partial charge in [0.1, 0.15) is 5.52 Å². The molecule has 0 atom stereocenters. The minimum absolute atomic E-state index is 0.0591. The van der Waals surface area contributed by atoms with Crippen molar-refractivity contribution < 1.29 is 26.0 Å². The SMILES string of the molecule is Cc1nc2cc(NS(=O)(=O)c3ccc(Cl)cc3C(F)(F)F)ccc2o1. The molecule has 0 fully saturated rings. The maximum atomic E-state index is 13.1. The summed E-state index contributed by atoms with van der Waals surface area (Å²) in [5.41, 5.74) is -0.470. The van der Waals surface area contributed by atoms with Gasteiger partial charge in [0.05, 0.1) is 16.1 Å². The average molecular weight is 391 g/mol. The smallest absolute Gasteiger partial charge is 0.417 e. The minimum Gasteiger partial charge on any atom is -0.441 e. The number of nitrogens with one attached hydrogen (secondary N) is 1. The van der Waals surface area contributed by atoms with Crippen LogP contribution in [0.15, 0.2) is 45.7 Å². The average Bonchev–Trinajstić information content (AvgIpc) is 2.85. The molecular formula is C15H10ClF3N2O3S. The highest BCUT2D eigenvalue weighted by molar-refractivity contribution is 7.92. The molecule has 25 heavy (non-hydrogen) atoms. The maximum Gasteiger partial charge on any atom is 0.417 e. The van der Waals surface area contributed by atoms with Crippen molar-refractivity contribution in [1.82, 2.24) is 4.98 Å². The normalized spacial score (nSPS) is 12.5. The van der Waals surface area contributed by atoms with Gasteiger partial charge in [-0.05, 0) is 36.4 Å². The molecule has 0 aliphatic heterocycles. The van der Waals surface area contributed by atoms with E-state index >= 15 is 0 Å². The lowest BCUT2D eigenvalue weighted by Gasteiger charge is -2.14. The van der Waals surface area contributed by atoms with Crippen molar-refractivity contribution in [2.45, 2.75) is 18.0 Å². The number of halogens is 4. The van der Waals surface area contributed by atoms with Crippen LogP contribution in [0.2, 0.25) is 5.02 Å². The number of aromatic nitrogens is 1. The molecule has 0 aliphatic carbocycles. The highest BCUT2D eigenvalue weighted by atomic mass is 35.5. The van der Waals surface area contributed by atoms with Crippen molar-refractivity contribution in [2.24, 2.45) is 0 Å². The van der Waals surface area contributed by atoms with Crippen LogP contribution in [0.25, 0.3) is 11.1 Å². The van der Waals surface area contributed by atoms with Gasteiger partial charge in [-0.3, -0.25) is 4.72 Å². The van der Waals surface area contributed by atoms with Gasteiger partial charge in [0, 0.05) is 11.9 Å². The van der Waals surface area contributed by atoms with E-state index in [0.717, 1.165) is 12.1 Å². The summed E-state index contributed by atoms with van der Waals surface area (Å²) in [5.74, 6) is 0.382. The molecule has 3 rings (SSSR count). The van der Waals surface area contributed by atoms with E-state index in [1.807, 2.05) is 0 Å². The van der Waals surface area contributed by atoms with E-state index in [9.17, 15) is 21.6 Å². The van der Waals surface area contributed by atoms with E-state index in [2.05, 4.69) is 9.71 Å². The second-order valence-electron chi connectivity index (χ2n) is 5.16. The molecule has 1 heterocycles. The molecule has 0 spiro atoms. The Hall–Kier alpha value is -2.26. The Balaban J connectivity index is 2.04. The van der Waals surface area contributed by atoms with Gasteiger partial charge in [0.15, 0.2) is 11.5 Å². The summed E-state index contributed by atoms with van der Waals surface area (Å²) < 4.78 is 71.6. The zero-order valence-electron chi connectivity index (χ0n) is 12.6. The third kappa shape index (κ3) is 3.57. The zero-order chi connectivity index (χ0) is 18.4. The first kappa shape index (κ1) is 17.6. The Morgan fingerprint density at radius 3 is 2.56 bits per heavy atom. The van der Waals surface area contributed by atoms with Crippen LogP contribution in [0.3, 0.4) is 0 Å². The van der Waals surface area contributed by atoms with Crippen LogP contribution in [0.5, 0.6) is 0 Å². The van der Waals surface area contributed by atoms with Crippen molar-refractivity contribution >= 4 is 38.4 Å². The highest BCUT2D eigenvalue weighted by Gasteiger charge is 2.37. The Labute approximate surface area is 145 Å². The third-order valence-corrected chi connectivity index (χ3v) is 4.96. The molecule has 0 saturated heterocycles. The number of nitrogens with zero attached hydrogens (tertiary/aromatic N) is 1. The lowest BCUT2D eigenvalue weighted by molar-refractivity contribution is -0.139. The van der Waals surface area contributed by atoms with Gasteiger partial charge in [-0.15, -0.1) is 0 Å². The fraction of sp³-hybridized carbons (Fsp3) is 0.133. The summed E-state index contributed by atoms with van der Waals surface area (Å²) in [5, 5.41) is -0.217. The second kappa shape index (κ2) is 5.92. The number of benzene rings is 2. The van der Waals surface area contributed by atoms with Gasteiger partial charge in [-0.1, -0.05) is 11.6 Å². The molecule has 2 aromatic carbocycles. The molecule has 1 aromatic heterocycles. The molecule has 0 radical (unpaired) electrons. The molecule has 0 saturated carbocycles. The van der Waals surface area contributed by atoms with Crippen LogP contribution in [-0.4, -0.2) is 13.4 Å². The Kier molecular flexibility index (Phi) is 4.16. The highest BCUT2D eigenvalue weighted by Crippen LogP contribution is 2.36.